The maximum Gasteiger partial charge on any atom is 0.430 e. The molecule has 33 heavy (non-hydrogen) atoms. The first kappa shape index (κ1) is 24.6. The van der Waals surface area contributed by atoms with E-state index in [0.29, 0.717) is 6.07 Å². The number of amides is 2. The van der Waals surface area contributed by atoms with Gasteiger partial charge in [-0.05, 0) is 33.3 Å². The van der Waals surface area contributed by atoms with Crippen LogP contribution in [0.3, 0.4) is 0 Å². The Morgan fingerprint density at radius 3 is 2.58 bits per heavy atom. The van der Waals surface area contributed by atoms with Crippen molar-refractivity contribution >= 4 is 45.1 Å². The molecule has 3 rings (SSSR count). The molecule has 14 heteroatoms. The maximum absolute atomic E-state index is 14.9. The normalized spacial score (nSPS) is 16.5. The Bertz CT molecular complexity index is 1150. The predicted molar refractivity (Wildman–Crippen MR) is 116 cm³/mol. The number of hydrogen-bond acceptors (Lipinski definition) is 8. The van der Waals surface area contributed by atoms with Gasteiger partial charge < -0.3 is 20.1 Å². The quantitative estimate of drug-likeness (QED) is 0.630. The highest BCUT2D eigenvalue weighted by Crippen LogP contribution is 2.34. The summed E-state index contributed by atoms with van der Waals surface area (Å²) in [7, 11) is -4.98. The standard InChI is InChI=1S/C19H22F2N4O6S2/c1-19(2,3)31-18(28)25(15-9-32-10-22-15)33(29,30)16-13(21)6-11(20)7-14(16)23-12-4-5-24(8-12)17(26)27/h6-7,9-10,12,23H,4-5,8H2,1-3H3,(H,26,27)/t12-/m0/s1. The zero-order valence-corrected chi connectivity index (χ0v) is 19.5. The van der Waals surface area contributed by atoms with E-state index in [-0.39, 0.29) is 29.6 Å². The second-order valence-electron chi connectivity index (χ2n) is 8.22. The Morgan fingerprint density at radius 2 is 2.03 bits per heavy atom. The molecule has 1 aliphatic heterocycles. The van der Waals surface area contributed by atoms with E-state index in [2.05, 4.69) is 10.3 Å². The number of hydrogen-bond donors (Lipinski definition) is 2. The zero-order chi connectivity index (χ0) is 24.6. The van der Waals surface area contributed by atoms with Gasteiger partial charge in [0, 0.05) is 30.6 Å². The molecule has 10 nitrogen and oxygen atoms in total. The number of thiazole rings is 1. The SMILES string of the molecule is CC(C)(C)OC(=O)N(c1cscn1)S(=O)(=O)c1c(F)cc(F)cc1N[C@H]1CCN(C(=O)O)C1. The van der Waals surface area contributed by atoms with Gasteiger partial charge in [0.25, 0.3) is 10.0 Å². The van der Waals surface area contributed by atoms with Crippen molar-refractivity contribution < 1.29 is 36.6 Å². The summed E-state index contributed by atoms with van der Waals surface area (Å²) in [4.78, 5) is 27.9. The molecule has 0 bridgehead atoms. The van der Waals surface area contributed by atoms with Crippen LogP contribution in [0.4, 0.5) is 29.9 Å². The van der Waals surface area contributed by atoms with Crippen molar-refractivity contribution in [3.8, 4) is 0 Å². The second kappa shape index (κ2) is 9.09. The highest BCUT2D eigenvalue weighted by Gasteiger charge is 2.40. The van der Waals surface area contributed by atoms with Gasteiger partial charge in [-0.2, -0.15) is 0 Å². The van der Waals surface area contributed by atoms with E-state index in [1.807, 2.05) is 0 Å². The van der Waals surface area contributed by atoms with Crippen LogP contribution in [0.1, 0.15) is 27.2 Å². The average molecular weight is 505 g/mol. The maximum atomic E-state index is 14.9. The third-order valence-corrected chi connectivity index (χ3v) is 6.83. The van der Waals surface area contributed by atoms with E-state index in [0.717, 1.165) is 22.3 Å². The Hall–Kier alpha value is -3.00. The number of carbonyl (C=O) groups is 2. The summed E-state index contributed by atoms with van der Waals surface area (Å²) in [5.41, 5.74) is -0.247. The van der Waals surface area contributed by atoms with Crippen molar-refractivity contribution in [1.29, 1.82) is 0 Å². The summed E-state index contributed by atoms with van der Waals surface area (Å²) in [6.45, 7) is 4.72. The largest absolute Gasteiger partial charge is 0.465 e. The van der Waals surface area contributed by atoms with Gasteiger partial charge in [0.1, 0.15) is 22.1 Å². The molecule has 1 saturated heterocycles. The summed E-state index contributed by atoms with van der Waals surface area (Å²) >= 11 is 0.999. The van der Waals surface area contributed by atoms with E-state index >= 15 is 0 Å². The third-order valence-electron chi connectivity index (χ3n) is 4.51. The first-order valence-electron chi connectivity index (χ1n) is 9.69. The molecule has 0 unspecified atom stereocenters. The molecule has 1 aliphatic rings. The molecule has 2 heterocycles. The molecule has 0 spiro atoms. The van der Waals surface area contributed by atoms with E-state index in [9.17, 15) is 26.8 Å². The van der Waals surface area contributed by atoms with Gasteiger partial charge in [0.05, 0.1) is 11.2 Å². The number of nitrogens with one attached hydrogen (secondary N) is 1. The fraction of sp³-hybridized carbons (Fsp3) is 0.421. The number of anilines is 2. The topological polar surface area (TPSA) is 129 Å². The fourth-order valence-corrected chi connectivity index (χ4v) is 5.27. The van der Waals surface area contributed by atoms with Gasteiger partial charge in [0.15, 0.2) is 5.82 Å². The van der Waals surface area contributed by atoms with Crippen LogP contribution in [-0.2, 0) is 14.8 Å². The van der Waals surface area contributed by atoms with Gasteiger partial charge in [-0.25, -0.2) is 31.8 Å². The van der Waals surface area contributed by atoms with Crippen molar-refractivity contribution in [2.24, 2.45) is 0 Å². The molecule has 180 valence electrons. The molecular formula is C19H22F2N4O6S2. The van der Waals surface area contributed by atoms with Gasteiger partial charge in [-0.15, -0.1) is 15.6 Å². The highest BCUT2D eigenvalue weighted by molar-refractivity contribution is 7.93. The van der Waals surface area contributed by atoms with Crippen LogP contribution in [0, 0.1) is 11.6 Å². The Morgan fingerprint density at radius 1 is 1.33 bits per heavy atom. The molecule has 1 aromatic heterocycles. The van der Waals surface area contributed by atoms with Crippen LogP contribution in [0.2, 0.25) is 0 Å². The lowest BCUT2D eigenvalue weighted by Crippen LogP contribution is -2.42. The summed E-state index contributed by atoms with van der Waals surface area (Å²) in [5.74, 6) is -2.81. The number of benzene rings is 1. The van der Waals surface area contributed by atoms with Gasteiger partial charge in [-0.1, -0.05) is 0 Å². The summed E-state index contributed by atoms with van der Waals surface area (Å²) in [6.07, 6.45) is -2.20. The number of carbonyl (C=O) groups excluding carboxylic acids is 1. The van der Waals surface area contributed by atoms with Gasteiger partial charge >= 0.3 is 12.2 Å². The van der Waals surface area contributed by atoms with E-state index in [1.54, 1.807) is 0 Å². The van der Waals surface area contributed by atoms with Crippen LogP contribution in [-0.4, -0.2) is 60.3 Å². The molecule has 0 aliphatic carbocycles. The molecule has 2 aromatic rings. The Balaban J connectivity index is 2.07. The first-order chi connectivity index (χ1) is 15.3. The summed E-state index contributed by atoms with van der Waals surface area (Å²) in [5, 5.41) is 13.1. The minimum Gasteiger partial charge on any atom is -0.465 e. The van der Waals surface area contributed by atoms with Crippen LogP contribution in [0.15, 0.2) is 27.9 Å². The van der Waals surface area contributed by atoms with Crippen molar-refractivity contribution in [1.82, 2.24) is 9.88 Å². The fourth-order valence-electron chi connectivity index (χ4n) is 3.22. The molecule has 2 N–H and O–H groups in total. The molecule has 2 amide bonds. The number of ether oxygens (including phenoxy) is 1. The summed E-state index contributed by atoms with van der Waals surface area (Å²) < 4.78 is 61.5. The smallest absolute Gasteiger partial charge is 0.430 e. The molecule has 1 fully saturated rings. The molecule has 0 radical (unpaired) electrons. The van der Waals surface area contributed by atoms with Crippen molar-refractivity contribution in [2.45, 2.75) is 43.7 Å². The Kier molecular flexibility index (Phi) is 6.79. The van der Waals surface area contributed by atoms with Crippen molar-refractivity contribution in [3.63, 3.8) is 0 Å². The lowest BCUT2D eigenvalue weighted by molar-refractivity contribution is 0.0608. The van der Waals surface area contributed by atoms with Crippen molar-refractivity contribution in [3.05, 3.63) is 34.7 Å². The number of nitrogens with zero attached hydrogens (tertiary/aromatic N) is 3. The third kappa shape index (κ3) is 5.50. The molecule has 1 atom stereocenters. The minimum absolute atomic E-state index is 0.0190. The minimum atomic E-state index is -4.98. The number of sulfonamides is 1. The number of rotatable bonds is 5. The van der Waals surface area contributed by atoms with Crippen LogP contribution in [0.25, 0.3) is 0 Å². The predicted octanol–water partition coefficient (Wildman–Crippen LogP) is 3.72. The van der Waals surface area contributed by atoms with E-state index in [4.69, 9.17) is 9.84 Å². The monoisotopic (exact) mass is 504 g/mol. The Labute approximate surface area is 192 Å². The lowest BCUT2D eigenvalue weighted by atomic mass is 10.2. The van der Waals surface area contributed by atoms with Crippen molar-refractivity contribution in [2.75, 3.05) is 22.7 Å². The van der Waals surface area contributed by atoms with Crippen LogP contribution < -0.4 is 9.62 Å². The average Bonchev–Trinajstić information content (AvgIpc) is 3.31. The molecular weight excluding hydrogens is 482 g/mol. The highest BCUT2D eigenvalue weighted by atomic mass is 32.2. The molecule has 1 aromatic carbocycles. The molecule has 0 saturated carbocycles. The van der Waals surface area contributed by atoms with Gasteiger partial charge in [0.2, 0.25) is 0 Å². The van der Waals surface area contributed by atoms with Crippen LogP contribution in [0.5, 0.6) is 0 Å². The number of halogens is 2. The zero-order valence-electron chi connectivity index (χ0n) is 17.9. The van der Waals surface area contributed by atoms with Crippen LogP contribution >= 0.6 is 11.3 Å². The number of likely N-dealkylation sites (tertiary alicyclic amines) is 1. The van der Waals surface area contributed by atoms with E-state index < -0.39 is 56.1 Å². The second-order valence-corrected chi connectivity index (χ2v) is 10.7. The summed E-state index contributed by atoms with van der Waals surface area (Å²) in [6, 6.07) is 0.545. The van der Waals surface area contributed by atoms with Gasteiger partial charge in [-0.3, -0.25) is 0 Å². The lowest BCUT2D eigenvalue weighted by Gasteiger charge is -2.27. The number of carboxylic acid groups (broad SMARTS) is 1. The first-order valence-corrected chi connectivity index (χ1v) is 12.1. The number of aromatic nitrogens is 1. The van der Waals surface area contributed by atoms with E-state index in [1.165, 1.54) is 31.7 Å².